The van der Waals surface area contributed by atoms with E-state index in [4.69, 9.17) is 0 Å². The summed E-state index contributed by atoms with van der Waals surface area (Å²) in [7, 11) is 0. The molecule has 3 rings (SSSR count). The van der Waals surface area contributed by atoms with Gasteiger partial charge in [0.15, 0.2) is 0 Å². The van der Waals surface area contributed by atoms with E-state index in [9.17, 15) is 9.59 Å². The molecule has 1 heterocycles. The van der Waals surface area contributed by atoms with Crippen LogP contribution in [0.4, 0.5) is 5.69 Å². The Labute approximate surface area is 152 Å². The number of amides is 2. The summed E-state index contributed by atoms with van der Waals surface area (Å²) in [6.45, 7) is 3.21. The van der Waals surface area contributed by atoms with E-state index in [0.717, 1.165) is 34.7 Å². The predicted molar refractivity (Wildman–Crippen MR) is 102 cm³/mol. The fourth-order valence-corrected chi connectivity index (χ4v) is 3.40. The van der Waals surface area contributed by atoms with Crippen molar-refractivity contribution in [2.75, 3.05) is 17.7 Å². The zero-order valence-electron chi connectivity index (χ0n) is 14.5. The first kappa shape index (κ1) is 17.5. The fraction of sp³-hybridized carbons (Fsp3) is 0.300. The van der Waals surface area contributed by atoms with Gasteiger partial charge in [-0.2, -0.15) is 0 Å². The smallest absolute Gasteiger partial charge is 0.251 e. The van der Waals surface area contributed by atoms with Crippen molar-refractivity contribution in [3.63, 3.8) is 0 Å². The van der Waals surface area contributed by atoms with E-state index >= 15 is 0 Å². The first-order valence-electron chi connectivity index (χ1n) is 8.40. The van der Waals surface area contributed by atoms with Crippen LogP contribution in [0, 0.1) is 6.92 Å². The molecule has 1 aliphatic rings. The lowest BCUT2D eigenvalue weighted by atomic mass is 10.1. The highest BCUT2D eigenvalue weighted by molar-refractivity contribution is 7.98. The largest absolute Gasteiger partial charge is 0.348 e. The molecule has 0 bridgehead atoms. The first-order valence-corrected chi connectivity index (χ1v) is 9.63. The van der Waals surface area contributed by atoms with Gasteiger partial charge in [0.25, 0.3) is 5.91 Å². The van der Waals surface area contributed by atoms with Crippen molar-refractivity contribution in [2.24, 2.45) is 0 Å². The summed E-state index contributed by atoms with van der Waals surface area (Å²) in [4.78, 5) is 27.1. The second-order valence-corrected chi connectivity index (χ2v) is 7.06. The number of thioether (sulfide) groups is 1. The first-order chi connectivity index (χ1) is 12.1. The van der Waals surface area contributed by atoms with E-state index in [2.05, 4.69) is 5.32 Å². The Bertz CT molecular complexity index is 787. The minimum absolute atomic E-state index is 0.0628. The van der Waals surface area contributed by atoms with Crippen LogP contribution in [0.3, 0.4) is 0 Å². The van der Waals surface area contributed by atoms with E-state index in [1.54, 1.807) is 11.8 Å². The summed E-state index contributed by atoms with van der Waals surface area (Å²) in [6, 6.07) is 13.8. The minimum Gasteiger partial charge on any atom is -0.348 e. The number of nitrogens with zero attached hydrogens (tertiary/aromatic N) is 1. The molecule has 0 aromatic heterocycles. The van der Waals surface area contributed by atoms with Gasteiger partial charge in [-0.05, 0) is 55.0 Å². The normalized spacial score (nSPS) is 14.0. The Morgan fingerprint density at radius 2 is 1.96 bits per heavy atom. The van der Waals surface area contributed by atoms with E-state index in [0.29, 0.717) is 18.5 Å². The highest BCUT2D eigenvalue weighted by atomic mass is 32.2. The summed E-state index contributed by atoms with van der Waals surface area (Å²) in [6.07, 6.45) is 3.55. The predicted octanol–water partition coefficient (Wildman–Crippen LogP) is 3.77. The quantitative estimate of drug-likeness (QED) is 0.832. The maximum Gasteiger partial charge on any atom is 0.251 e. The number of carbonyl (C=O) groups excluding carboxylic acids is 2. The summed E-state index contributed by atoms with van der Waals surface area (Å²) in [5.41, 5.74) is 3.63. The highest BCUT2D eigenvalue weighted by Crippen LogP contribution is 2.22. The average molecular weight is 354 g/mol. The van der Waals surface area contributed by atoms with Gasteiger partial charge >= 0.3 is 0 Å². The molecular weight excluding hydrogens is 332 g/mol. The zero-order valence-corrected chi connectivity index (χ0v) is 15.4. The van der Waals surface area contributed by atoms with Gasteiger partial charge in [-0.15, -0.1) is 11.8 Å². The van der Waals surface area contributed by atoms with Gasteiger partial charge in [0.2, 0.25) is 5.91 Å². The van der Waals surface area contributed by atoms with Crippen LogP contribution in [0.2, 0.25) is 0 Å². The van der Waals surface area contributed by atoms with Gasteiger partial charge < -0.3 is 10.2 Å². The Balaban J connectivity index is 1.63. The van der Waals surface area contributed by atoms with Crippen LogP contribution in [-0.4, -0.2) is 24.6 Å². The van der Waals surface area contributed by atoms with Crippen LogP contribution in [0.25, 0.3) is 0 Å². The van der Waals surface area contributed by atoms with Crippen LogP contribution in [0.15, 0.2) is 47.4 Å². The van der Waals surface area contributed by atoms with Crippen molar-refractivity contribution < 1.29 is 9.59 Å². The molecule has 5 heteroatoms. The van der Waals surface area contributed by atoms with Crippen LogP contribution in [0.5, 0.6) is 0 Å². The lowest BCUT2D eigenvalue weighted by Crippen LogP contribution is -2.24. The third-order valence-electron chi connectivity index (χ3n) is 4.46. The molecule has 0 saturated carbocycles. The number of hydrogen-bond donors (Lipinski definition) is 1. The van der Waals surface area contributed by atoms with Gasteiger partial charge in [-0.25, -0.2) is 0 Å². The van der Waals surface area contributed by atoms with Crippen LogP contribution in [-0.2, 0) is 11.3 Å². The van der Waals surface area contributed by atoms with Gasteiger partial charge in [0, 0.05) is 35.7 Å². The molecule has 0 spiro atoms. The molecule has 0 atom stereocenters. The monoisotopic (exact) mass is 354 g/mol. The zero-order chi connectivity index (χ0) is 17.8. The van der Waals surface area contributed by atoms with Gasteiger partial charge in [0.05, 0.1) is 0 Å². The van der Waals surface area contributed by atoms with Crippen LogP contribution in [0.1, 0.15) is 34.3 Å². The lowest BCUT2D eigenvalue weighted by molar-refractivity contribution is -0.117. The maximum absolute atomic E-state index is 12.5. The second kappa shape index (κ2) is 7.74. The summed E-state index contributed by atoms with van der Waals surface area (Å²) >= 11 is 1.63. The van der Waals surface area contributed by atoms with Crippen molar-refractivity contribution in [3.8, 4) is 0 Å². The molecular formula is C20H22N2O2S. The Kier molecular flexibility index (Phi) is 5.43. The average Bonchev–Trinajstić information content (AvgIpc) is 3.06. The molecule has 130 valence electrons. The van der Waals surface area contributed by atoms with E-state index in [1.165, 1.54) is 0 Å². The highest BCUT2D eigenvalue weighted by Gasteiger charge is 2.21. The fourth-order valence-electron chi connectivity index (χ4n) is 2.97. The SMILES string of the molecule is CSc1ccc(C)c(C(=O)NCc2ccc(N3CCCC3=O)cc2)c1. The standard InChI is InChI=1S/C20H22N2O2S/c1-14-5-10-17(25-2)12-18(14)20(24)21-13-15-6-8-16(9-7-15)22-11-3-4-19(22)23/h5-10,12H,3-4,11,13H2,1-2H3,(H,21,24). The van der Waals surface area contributed by atoms with Crippen molar-refractivity contribution in [2.45, 2.75) is 31.2 Å². The minimum atomic E-state index is -0.0628. The number of anilines is 1. The van der Waals surface area contributed by atoms with Crippen molar-refractivity contribution in [1.82, 2.24) is 5.32 Å². The third kappa shape index (κ3) is 4.04. The molecule has 1 fully saturated rings. The number of carbonyl (C=O) groups is 2. The van der Waals surface area contributed by atoms with Crippen molar-refractivity contribution >= 4 is 29.3 Å². The summed E-state index contributed by atoms with van der Waals surface area (Å²) < 4.78 is 0. The van der Waals surface area contributed by atoms with Gasteiger partial charge in [-0.1, -0.05) is 18.2 Å². The van der Waals surface area contributed by atoms with E-state index in [-0.39, 0.29) is 11.8 Å². The molecule has 1 N–H and O–H groups in total. The maximum atomic E-state index is 12.5. The molecule has 0 unspecified atom stereocenters. The molecule has 25 heavy (non-hydrogen) atoms. The molecule has 2 amide bonds. The van der Waals surface area contributed by atoms with Crippen molar-refractivity contribution in [3.05, 3.63) is 59.2 Å². The molecule has 1 saturated heterocycles. The van der Waals surface area contributed by atoms with E-state index in [1.807, 2.05) is 60.5 Å². The molecule has 4 nitrogen and oxygen atoms in total. The van der Waals surface area contributed by atoms with Crippen LogP contribution < -0.4 is 10.2 Å². The number of nitrogens with one attached hydrogen (secondary N) is 1. The Hall–Kier alpha value is -2.27. The van der Waals surface area contributed by atoms with Gasteiger partial charge in [-0.3, -0.25) is 9.59 Å². The third-order valence-corrected chi connectivity index (χ3v) is 5.19. The molecule has 2 aromatic carbocycles. The molecule has 1 aliphatic heterocycles. The number of benzene rings is 2. The lowest BCUT2D eigenvalue weighted by Gasteiger charge is -2.16. The second-order valence-electron chi connectivity index (χ2n) is 6.18. The Morgan fingerprint density at radius 1 is 1.20 bits per heavy atom. The topological polar surface area (TPSA) is 49.4 Å². The number of rotatable bonds is 5. The summed E-state index contributed by atoms with van der Waals surface area (Å²) in [5, 5.41) is 2.98. The van der Waals surface area contributed by atoms with Crippen molar-refractivity contribution in [1.29, 1.82) is 0 Å². The number of aryl methyl sites for hydroxylation is 1. The van der Waals surface area contributed by atoms with Gasteiger partial charge in [0.1, 0.15) is 0 Å². The number of hydrogen-bond acceptors (Lipinski definition) is 3. The summed E-state index contributed by atoms with van der Waals surface area (Å²) in [5.74, 6) is 0.123. The van der Waals surface area contributed by atoms with Crippen LogP contribution >= 0.6 is 11.8 Å². The van der Waals surface area contributed by atoms with E-state index < -0.39 is 0 Å². The molecule has 0 aliphatic carbocycles. The molecule has 0 radical (unpaired) electrons. The Morgan fingerprint density at radius 3 is 2.60 bits per heavy atom. The molecule has 2 aromatic rings.